The smallest absolute Gasteiger partial charge is 0.240 e. The van der Waals surface area contributed by atoms with Crippen molar-refractivity contribution in [2.75, 3.05) is 0 Å². The van der Waals surface area contributed by atoms with Gasteiger partial charge < -0.3 is 5.32 Å². The molecule has 2 N–H and O–H groups in total. The molecule has 126 valence electrons. The zero-order chi connectivity index (χ0) is 16.3. The van der Waals surface area contributed by atoms with Gasteiger partial charge in [-0.05, 0) is 49.3 Å². The highest BCUT2D eigenvalue weighted by Crippen LogP contribution is 2.27. The predicted octanol–water partition coefficient (Wildman–Crippen LogP) is 2.32. The van der Waals surface area contributed by atoms with Crippen molar-refractivity contribution in [1.82, 2.24) is 10.0 Å². The molecule has 6 heteroatoms. The molecular formula is C17H24N2O3S. The average molecular weight is 336 g/mol. The van der Waals surface area contributed by atoms with Crippen LogP contribution >= 0.6 is 0 Å². The second kappa shape index (κ2) is 7.01. The van der Waals surface area contributed by atoms with Crippen LogP contribution in [0.25, 0.3) is 0 Å². The van der Waals surface area contributed by atoms with Gasteiger partial charge in [-0.3, -0.25) is 4.79 Å². The van der Waals surface area contributed by atoms with Gasteiger partial charge in [0.2, 0.25) is 15.9 Å². The molecule has 1 amide bonds. The molecule has 1 aromatic carbocycles. The number of rotatable bonds is 7. The first-order valence-corrected chi connectivity index (χ1v) is 9.89. The van der Waals surface area contributed by atoms with Crippen LogP contribution in [0.15, 0.2) is 29.2 Å². The standard InChI is InChI=1S/C17H24N2O3S/c20-17(11-13-3-1-2-4-13)18-12-14-5-9-16(10-6-14)23(21,22)19-15-7-8-15/h5-6,9-10,13,15,19H,1-4,7-8,11-12H2,(H,18,20). The van der Waals surface area contributed by atoms with E-state index in [1.54, 1.807) is 24.3 Å². The molecule has 23 heavy (non-hydrogen) atoms. The molecule has 0 unspecified atom stereocenters. The molecule has 0 bridgehead atoms. The molecule has 2 aliphatic carbocycles. The zero-order valence-corrected chi connectivity index (χ0v) is 14.1. The molecule has 0 atom stereocenters. The van der Waals surface area contributed by atoms with Crippen molar-refractivity contribution < 1.29 is 13.2 Å². The fraction of sp³-hybridized carbons (Fsp3) is 0.588. The number of sulfonamides is 1. The molecule has 2 saturated carbocycles. The molecule has 2 fully saturated rings. The van der Waals surface area contributed by atoms with Crippen LogP contribution in [0.2, 0.25) is 0 Å². The molecule has 0 saturated heterocycles. The molecule has 2 aliphatic rings. The Kier molecular flexibility index (Phi) is 5.02. The molecule has 1 aromatic rings. The molecule has 3 rings (SSSR count). The lowest BCUT2D eigenvalue weighted by molar-refractivity contribution is -0.122. The highest BCUT2D eigenvalue weighted by molar-refractivity contribution is 7.89. The lowest BCUT2D eigenvalue weighted by Crippen LogP contribution is -2.26. The third kappa shape index (κ3) is 4.78. The average Bonchev–Trinajstić information content (AvgIpc) is 3.17. The normalized spacial score (nSPS) is 19.0. The summed E-state index contributed by atoms with van der Waals surface area (Å²) in [5.41, 5.74) is 0.912. The monoisotopic (exact) mass is 336 g/mol. The quantitative estimate of drug-likeness (QED) is 0.802. The number of nitrogens with one attached hydrogen (secondary N) is 2. The summed E-state index contributed by atoms with van der Waals surface area (Å²) in [6.45, 7) is 0.446. The second-order valence-electron chi connectivity index (χ2n) is 6.67. The molecule has 5 nitrogen and oxygen atoms in total. The summed E-state index contributed by atoms with van der Waals surface area (Å²) in [5, 5.41) is 2.92. The van der Waals surface area contributed by atoms with Gasteiger partial charge >= 0.3 is 0 Å². The van der Waals surface area contributed by atoms with Gasteiger partial charge in [0.25, 0.3) is 0 Å². The first-order chi connectivity index (χ1) is 11.0. The summed E-state index contributed by atoms with van der Waals surface area (Å²) < 4.78 is 26.8. The Balaban J connectivity index is 1.49. The highest BCUT2D eigenvalue weighted by Gasteiger charge is 2.27. The molecular weight excluding hydrogens is 312 g/mol. The van der Waals surface area contributed by atoms with Gasteiger partial charge in [-0.1, -0.05) is 25.0 Å². The van der Waals surface area contributed by atoms with Crippen molar-refractivity contribution in [1.29, 1.82) is 0 Å². The van der Waals surface area contributed by atoms with Crippen molar-refractivity contribution in [2.45, 2.75) is 62.4 Å². The van der Waals surface area contributed by atoms with Gasteiger partial charge in [-0.25, -0.2) is 13.1 Å². The molecule has 0 radical (unpaired) electrons. The van der Waals surface area contributed by atoms with E-state index in [1.807, 2.05) is 0 Å². The van der Waals surface area contributed by atoms with Crippen LogP contribution in [0.1, 0.15) is 50.5 Å². The first kappa shape index (κ1) is 16.5. The van der Waals surface area contributed by atoms with Crippen LogP contribution in [0, 0.1) is 5.92 Å². The lowest BCUT2D eigenvalue weighted by atomic mass is 10.0. The maximum Gasteiger partial charge on any atom is 0.240 e. The second-order valence-corrected chi connectivity index (χ2v) is 8.38. The third-order valence-corrected chi connectivity index (χ3v) is 6.11. The van der Waals surface area contributed by atoms with Crippen LogP contribution in [0.3, 0.4) is 0 Å². The van der Waals surface area contributed by atoms with E-state index in [1.165, 1.54) is 12.8 Å². The first-order valence-electron chi connectivity index (χ1n) is 8.41. The number of carbonyl (C=O) groups is 1. The van der Waals surface area contributed by atoms with Crippen molar-refractivity contribution >= 4 is 15.9 Å². The topological polar surface area (TPSA) is 75.3 Å². The van der Waals surface area contributed by atoms with Crippen molar-refractivity contribution in [3.05, 3.63) is 29.8 Å². The Morgan fingerprint density at radius 3 is 2.30 bits per heavy atom. The largest absolute Gasteiger partial charge is 0.352 e. The minimum Gasteiger partial charge on any atom is -0.352 e. The summed E-state index contributed by atoms with van der Waals surface area (Å²) in [4.78, 5) is 12.2. The molecule has 0 aliphatic heterocycles. The Hall–Kier alpha value is -1.40. The Morgan fingerprint density at radius 2 is 1.70 bits per heavy atom. The van der Waals surface area contributed by atoms with Gasteiger partial charge in [0.15, 0.2) is 0 Å². The van der Waals surface area contributed by atoms with E-state index in [0.717, 1.165) is 31.2 Å². The van der Waals surface area contributed by atoms with Gasteiger partial charge in [0, 0.05) is 19.0 Å². The Bertz CT molecular complexity index is 645. The van der Waals surface area contributed by atoms with E-state index in [9.17, 15) is 13.2 Å². The van der Waals surface area contributed by atoms with E-state index < -0.39 is 10.0 Å². The fourth-order valence-electron chi connectivity index (χ4n) is 3.02. The van der Waals surface area contributed by atoms with E-state index in [0.29, 0.717) is 18.9 Å². The highest BCUT2D eigenvalue weighted by atomic mass is 32.2. The number of carbonyl (C=O) groups excluding carboxylic acids is 1. The number of benzene rings is 1. The Labute approximate surface area is 137 Å². The van der Waals surface area contributed by atoms with Gasteiger partial charge in [0.05, 0.1) is 4.90 Å². The summed E-state index contributed by atoms with van der Waals surface area (Å²) in [6, 6.07) is 6.83. The van der Waals surface area contributed by atoms with Crippen LogP contribution in [-0.2, 0) is 21.4 Å². The van der Waals surface area contributed by atoms with E-state index in [4.69, 9.17) is 0 Å². The third-order valence-electron chi connectivity index (χ3n) is 4.57. The molecule has 0 aromatic heterocycles. The summed E-state index contributed by atoms with van der Waals surface area (Å²) in [7, 11) is -3.40. The van der Waals surface area contributed by atoms with Gasteiger partial charge in [-0.15, -0.1) is 0 Å². The SMILES string of the molecule is O=C(CC1CCCC1)NCc1ccc(S(=O)(=O)NC2CC2)cc1. The van der Waals surface area contributed by atoms with Crippen molar-refractivity contribution in [3.8, 4) is 0 Å². The fourth-order valence-corrected chi connectivity index (χ4v) is 4.33. The van der Waals surface area contributed by atoms with Gasteiger partial charge in [-0.2, -0.15) is 0 Å². The van der Waals surface area contributed by atoms with Crippen LogP contribution in [0.5, 0.6) is 0 Å². The maximum atomic E-state index is 12.1. The summed E-state index contributed by atoms with van der Waals surface area (Å²) in [6.07, 6.45) is 7.25. The maximum absolute atomic E-state index is 12.1. The lowest BCUT2D eigenvalue weighted by Gasteiger charge is -2.10. The van der Waals surface area contributed by atoms with Crippen LogP contribution in [-0.4, -0.2) is 20.4 Å². The number of amides is 1. The molecule has 0 heterocycles. The zero-order valence-electron chi connectivity index (χ0n) is 13.3. The van der Waals surface area contributed by atoms with E-state index >= 15 is 0 Å². The van der Waals surface area contributed by atoms with Crippen molar-refractivity contribution in [3.63, 3.8) is 0 Å². The van der Waals surface area contributed by atoms with E-state index in [2.05, 4.69) is 10.0 Å². The number of hydrogen-bond donors (Lipinski definition) is 2. The predicted molar refractivity (Wildman–Crippen MR) is 88.2 cm³/mol. The minimum absolute atomic E-state index is 0.0870. The van der Waals surface area contributed by atoms with E-state index in [-0.39, 0.29) is 16.8 Å². The van der Waals surface area contributed by atoms with Crippen LogP contribution < -0.4 is 10.0 Å². The van der Waals surface area contributed by atoms with Crippen molar-refractivity contribution in [2.24, 2.45) is 5.92 Å². The van der Waals surface area contributed by atoms with Crippen LogP contribution in [0.4, 0.5) is 0 Å². The Morgan fingerprint density at radius 1 is 1.04 bits per heavy atom. The summed E-state index contributed by atoms with van der Waals surface area (Å²) >= 11 is 0. The summed E-state index contributed by atoms with van der Waals surface area (Å²) in [5.74, 6) is 0.625. The van der Waals surface area contributed by atoms with Gasteiger partial charge in [0.1, 0.15) is 0 Å². The molecule has 0 spiro atoms. The minimum atomic E-state index is -3.40. The number of hydrogen-bond acceptors (Lipinski definition) is 3.